The summed E-state index contributed by atoms with van der Waals surface area (Å²) in [4.78, 5) is 14.1. The molecular formula is C22H25FN2O3S. The summed E-state index contributed by atoms with van der Waals surface area (Å²) in [6.45, 7) is 2.76. The van der Waals surface area contributed by atoms with E-state index in [0.717, 1.165) is 31.2 Å². The maximum Gasteiger partial charge on any atom is 0.243 e. The van der Waals surface area contributed by atoms with Gasteiger partial charge in [0.25, 0.3) is 0 Å². The van der Waals surface area contributed by atoms with E-state index in [1.54, 1.807) is 18.2 Å². The molecule has 4 rings (SSSR count). The van der Waals surface area contributed by atoms with Crippen molar-refractivity contribution in [2.45, 2.75) is 37.5 Å². The Bertz CT molecular complexity index is 1040. The van der Waals surface area contributed by atoms with E-state index in [0.29, 0.717) is 36.8 Å². The zero-order chi connectivity index (χ0) is 20.6. The number of rotatable bonds is 4. The second kappa shape index (κ2) is 7.88. The van der Waals surface area contributed by atoms with Gasteiger partial charge in [-0.1, -0.05) is 12.1 Å². The molecule has 0 spiro atoms. The third kappa shape index (κ3) is 3.81. The first kappa shape index (κ1) is 20.0. The van der Waals surface area contributed by atoms with E-state index in [-0.39, 0.29) is 11.3 Å². The van der Waals surface area contributed by atoms with E-state index < -0.39 is 15.8 Å². The average molecular weight is 417 g/mol. The van der Waals surface area contributed by atoms with Gasteiger partial charge in [-0.3, -0.25) is 4.79 Å². The molecule has 1 heterocycles. The quantitative estimate of drug-likeness (QED) is 0.717. The van der Waals surface area contributed by atoms with E-state index in [4.69, 9.17) is 0 Å². The summed E-state index contributed by atoms with van der Waals surface area (Å²) >= 11 is 0. The van der Waals surface area contributed by atoms with Gasteiger partial charge in [-0.05, 0) is 68.0 Å². The van der Waals surface area contributed by atoms with Crippen molar-refractivity contribution in [3.63, 3.8) is 0 Å². The summed E-state index contributed by atoms with van der Waals surface area (Å²) in [6.07, 6.45) is 4.20. The van der Waals surface area contributed by atoms with Gasteiger partial charge in [0.15, 0.2) is 5.78 Å². The van der Waals surface area contributed by atoms with Gasteiger partial charge in [0.05, 0.1) is 16.1 Å². The topological polar surface area (TPSA) is 57.7 Å². The lowest BCUT2D eigenvalue weighted by molar-refractivity contribution is 0.101. The first-order valence-corrected chi connectivity index (χ1v) is 11.5. The van der Waals surface area contributed by atoms with Gasteiger partial charge < -0.3 is 4.90 Å². The Hall–Kier alpha value is -2.25. The largest absolute Gasteiger partial charge is 0.368 e. The zero-order valence-electron chi connectivity index (χ0n) is 16.5. The first-order chi connectivity index (χ1) is 13.9. The number of aryl methyl sites for hydroxylation is 2. The highest BCUT2D eigenvalue weighted by Crippen LogP contribution is 2.28. The fourth-order valence-electron chi connectivity index (χ4n) is 4.31. The van der Waals surface area contributed by atoms with E-state index in [2.05, 4.69) is 0 Å². The molecular weight excluding hydrogens is 391 g/mol. The molecule has 0 N–H and O–H groups in total. The van der Waals surface area contributed by atoms with Crippen molar-refractivity contribution in [1.29, 1.82) is 0 Å². The minimum absolute atomic E-state index is 0.0681. The number of halogens is 1. The molecule has 1 aliphatic carbocycles. The summed E-state index contributed by atoms with van der Waals surface area (Å²) in [5.74, 6) is -0.874. The Morgan fingerprint density at radius 3 is 2.34 bits per heavy atom. The van der Waals surface area contributed by atoms with Crippen molar-refractivity contribution in [2.24, 2.45) is 0 Å². The molecule has 0 atom stereocenters. The summed E-state index contributed by atoms with van der Waals surface area (Å²) < 4.78 is 41.9. The van der Waals surface area contributed by atoms with Crippen LogP contribution >= 0.6 is 0 Å². The minimum atomic E-state index is -3.57. The van der Waals surface area contributed by atoms with Crippen LogP contribution in [-0.2, 0) is 22.9 Å². The molecule has 1 saturated heterocycles. The Morgan fingerprint density at radius 2 is 1.66 bits per heavy atom. The average Bonchev–Trinajstić information content (AvgIpc) is 2.73. The number of benzene rings is 2. The number of hydrogen-bond donors (Lipinski definition) is 0. The van der Waals surface area contributed by atoms with Gasteiger partial charge in [0, 0.05) is 26.2 Å². The summed E-state index contributed by atoms with van der Waals surface area (Å²) in [7, 11) is -3.57. The fraction of sp³-hybridized carbons (Fsp3) is 0.409. The molecule has 1 fully saturated rings. The van der Waals surface area contributed by atoms with Crippen LogP contribution in [0.5, 0.6) is 0 Å². The van der Waals surface area contributed by atoms with Crippen molar-refractivity contribution < 1.29 is 17.6 Å². The molecule has 29 heavy (non-hydrogen) atoms. The molecule has 0 amide bonds. The molecule has 154 valence electrons. The summed E-state index contributed by atoms with van der Waals surface area (Å²) in [5, 5.41) is 0. The van der Waals surface area contributed by atoms with Gasteiger partial charge in [-0.15, -0.1) is 0 Å². The third-order valence-electron chi connectivity index (χ3n) is 5.88. The fourth-order valence-corrected chi connectivity index (χ4v) is 5.79. The van der Waals surface area contributed by atoms with Gasteiger partial charge in [-0.2, -0.15) is 4.31 Å². The molecule has 0 aromatic heterocycles. The van der Waals surface area contributed by atoms with Crippen LogP contribution in [0, 0.1) is 5.82 Å². The lowest BCUT2D eigenvalue weighted by Crippen LogP contribution is -2.49. The number of anilines is 1. The van der Waals surface area contributed by atoms with Crippen molar-refractivity contribution in [3.8, 4) is 0 Å². The highest BCUT2D eigenvalue weighted by atomic mass is 32.2. The number of Topliss-reactive ketones (excluding diaryl/α,β-unsaturated/α-hetero) is 1. The predicted octanol–water partition coefficient (Wildman–Crippen LogP) is 3.42. The lowest BCUT2D eigenvalue weighted by atomic mass is 9.92. The van der Waals surface area contributed by atoms with Gasteiger partial charge in [0.2, 0.25) is 10.0 Å². The number of hydrogen-bond acceptors (Lipinski definition) is 4. The van der Waals surface area contributed by atoms with Crippen LogP contribution in [0.2, 0.25) is 0 Å². The van der Waals surface area contributed by atoms with E-state index in [1.807, 2.05) is 17.0 Å². The maximum absolute atomic E-state index is 14.1. The Kier molecular flexibility index (Phi) is 5.44. The monoisotopic (exact) mass is 416 g/mol. The molecule has 2 aliphatic rings. The van der Waals surface area contributed by atoms with Gasteiger partial charge >= 0.3 is 0 Å². The summed E-state index contributed by atoms with van der Waals surface area (Å²) in [5.41, 5.74) is 2.99. The first-order valence-electron chi connectivity index (χ1n) is 10.0. The van der Waals surface area contributed by atoms with Crippen LogP contribution < -0.4 is 4.90 Å². The van der Waals surface area contributed by atoms with E-state index in [9.17, 15) is 17.6 Å². The number of carbonyl (C=O) groups is 1. The SMILES string of the molecule is CC(=O)c1c(F)cccc1N1CCN(S(=O)(=O)c2ccc3c(c2)CCCC3)CC1. The Balaban J connectivity index is 1.53. The number of fused-ring (bicyclic) bond motifs is 1. The van der Waals surface area contributed by atoms with E-state index >= 15 is 0 Å². The van der Waals surface area contributed by atoms with Crippen LogP contribution in [0.1, 0.15) is 41.3 Å². The molecule has 1 aliphatic heterocycles. The minimum Gasteiger partial charge on any atom is -0.368 e. The van der Waals surface area contributed by atoms with Gasteiger partial charge in [-0.25, -0.2) is 12.8 Å². The zero-order valence-corrected chi connectivity index (χ0v) is 17.3. The van der Waals surface area contributed by atoms with Gasteiger partial charge in [0.1, 0.15) is 5.82 Å². The Labute approximate surface area is 171 Å². The molecule has 0 radical (unpaired) electrons. The second-order valence-corrected chi connectivity index (χ2v) is 9.66. The second-order valence-electron chi connectivity index (χ2n) is 7.72. The summed E-state index contributed by atoms with van der Waals surface area (Å²) in [6, 6.07) is 10.1. The van der Waals surface area contributed by atoms with Crippen molar-refractivity contribution in [1.82, 2.24) is 4.31 Å². The van der Waals surface area contributed by atoms with E-state index in [1.165, 1.54) is 22.9 Å². The standard InChI is InChI=1S/C22H25FN2O3S/c1-16(26)22-20(23)7-4-8-21(22)24-11-13-25(14-12-24)29(27,28)19-10-9-17-5-2-3-6-18(17)15-19/h4,7-10,15H,2-3,5-6,11-14H2,1H3. The lowest BCUT2D eigenvalue weighted by Gasteiger charge is -2.36. The Morgan fingerprint density at radius 1 is 0.966 bits per heavy atom. The molecule has 0 bridgehead atoms. The smallest absolute Gasteiger partial charge is 0.243 e. The van der Waals surface area contributed by atoms with Crippen LogP contribution in [0.4, 0.5) is 10.1 Å². The number of sulfonamides is 1. The molecule has 2 aromatic rings. The van der Waals surface area contributed by atoms with Crippen LogP contribution in [0.25, 0.3) is 0 Å². The van der Waals surface area contributed by atoms with Crippen LogP contribution in [-0.4, -0.2) is 44.7 Å². The van der Waals surface area contributed by atoms with Crippen LogP contribution in [0.3, 0.4) is 0 Å². The predicted molar refractivity (Wildman–Crippen MR) is 110 cm³/mol. The number of carbonyl (C=O) groups excluding carboxylic acids is 1. The molecule has 0 unspecified atom stereocenters. The molecule has 0 saturated carbocycles. The van der Waals surface area contributed by atoms with Crippen molar-refractivity contribution in [3.05, 3.63) is 58.9 Å². The highest BCUT2D eigenvalue weighted by molar-refractivity contribution is 7.89. The normalized spacial score (nSPS) is 17.8. The van der Waals surface area contributed by atoms with Crippen molar-refractivity contribution in [2.75, 3.05) is 31.1 Å². The molecule has 5 nitrogen and oxygen atoms in total. The third-order valence-corrected chi connectivity index (χ3v) is 7.78. The van der Waals surface area contributed by atoms with Crippen molar-refractivity contribution >= 4 is 21.5 Å². The number of nitrogens with zero attached hydrogens (tertiary/aromatic N) is 2. The number of piperazine rings is 1. The highest BCUT2D eigenvalue weighted by Gasteiger charge is 2.30. The number of ketones is 1. The van der Waals surface area contributed by atoms with Crippen LogP contribution in [0.15, 0.2) is 41.3 Å². The molecule has 2 aromatic carbocycles. The maximum atomic E-state index is 14.1. The molecule has 7 heteroatoms.